The number of halogens is 1. The summed E-state index contributed by atoms with van der Waals surface area (Å²) in [6.45, 7) is 1.24. The van der Waals surface area contributed by atoms with E-state index in [4.69, 9.17) is 11.6 Å². The molecule has 0 heterocycles. The predicted octanol–water partition coefficient (Wildman–Crippen LogP) is 0.317. The van der Waals surface area contributed by atoms with Crippen molar-refractivity contribution in [3.63, 3.8) is 0 Å². The molecule has 0 radical (unpaired) electrons. The Bertz CT molecular complexity index is 192. The van der Waals surface area contributed by atoms with Gasteiger partial charge in [-0.05, 0) is 0 Å². The summed E-state index contributed by atoms with van der Waals surface area (Å²) in [6, 6.07) is 0. The van der Waals surface area contributed by atoms with Gasteiger partial charge in [0, 0.05) is 6.92 Å². The molecule has 0 spiro atoms. The van der Waals surface area contributed by atoms with Crippen LogP contribution >= 0.6 is 11.6 Å². The van der Waals surface area contributed by atoms with Crippen molar-refractivity contribution in [3.8, 4) is 0 Å². The summed E-state index contributed by atoms with van der Waals surface area (Å²) in [5, 5.41) is 3.18. The molecular weight excluding hydrogens is 186 g/mol. The van der Waals surface area contributed by atoms with Gasteiger partial charge in [-0.15, -0.1) is 11.6 Å². The van der Waals surface area contributed by atoms with Crippen LogP contribution in [0.15, 0.2) is 5.16 Å². The molecule has 0 aromatic rings. The number of hydrogen-bond donors (Lipinski definition) is 0. The van der Waals surface area contributed by atoms with Crippen LogP contribution in [0.4, 0.5) is 0 Å². The summed E-state index contributed by atoms with van der Waals surface area (Å²) in [7, 11) is 0. The van der Waals surface area contributed by atoms with Gasteiger partial charge >= 0.3 is 11.9 Å². The number of esters is 1. The van der Waals surface area contributed by atoms with Crippen molar-refractivity contribution in [2.45, 2.75) is 6.92 Å². The Kier molecular flexibility index (Phi) is 6.00. The van der Waals surface area contributed by atoms with E-state index in [0.717, 1.165) is 6.21 Å². The number of carbonyl (C=O) groups is 2. The molecule has 0 aliphatic carbocycles. The highest BCUT2D eigenvalue weighted by Crippen LogP contribution is 1.82. The minimum Gasteiger partial charge on any atom is -0.460 e. The van der Waals surface area contributed by atoms with E-state index in [-0.39, 0.29) is 12.5 Å². The van der Waals surface area contributed by atoms with Crippen LogP contribution in [-0.2, 0) is 19.2 Å². The molecule has 0 aromatic carbocycles. The first kappa shape index (κ1) is 10.9. The van der Waals surface area contributed by atoms with Gasteiger partial charge in [0.05, 0.1) is 6.21 Å². The second kappa shape index (κ2) is 6.60. The molecule has 0 rings (SSSR count). The molecule has 0 aliphatic heterocycles. The van der Waals surface area contributed by atoms with Gasteiger partial charge in [0.25, 0.3) is 0 Å². The third kappa shape index (κ3) is 7.01. The summed E-state index contributed by atoms with van der Waals surface area (Å²) >= 11 is 5.08. The van der Waals surface area contributed by atoms with Gasteiger partial charge < -0.3 is 9.57 Å². The van der Waals surface area contributed by atoms with Crippen molar-refractivity contribution in [2.24, 2.45) is 5.16 Å². The van der Waals surface area contributed by atoms with Crippen molar-refractivity contribution in [2.75, 3.05) is 12.5 Å². The summed E-state index contributed by atoms with van der Waals surface area (Å²) in [6.07, 6.45) is 1.14. The van der Waals surface area contributed by atoms with E-state index in [1.54, 1.807) is 0 Å². The Labute approximate surface area is 74.3 Å². The fourth-order valence-corrected chi connectivity index (χ4v) is 0.354. The Hall–Kier alpha value is -1.10. The standard InChI is InChI=1S/C6H8ClNO4/c1-5(9)11-3-2-8-12-6(10)4-7/h2H,3-4H2,1H3/b8-2+. The number of oxime groups is 1. The SMILES string of the molecule is CC(=O)OC/C=N/OC(=O)CCl. The van der Waals surface area contributed by atoms with Gasteiger partial charge in [0.1, 0.15) is 12.5 Å². The Morgan fingerprint density at radius 3 is 2.75 bits per heavy atom. The molecule has 0 unspecified atom stereocenters. The summed E-state index contributed by atoms with van der Waals surface area (Å²) in [5.41, 5.74) is 0. The molecule has 0 aromatic heterocycles. The topological polar surface area (TPSA) is 65.0 Å². The van der Waals surface area contributed by atoms with Crippen molar-refractivity contribution in [3.05, 3.63) is 0 Å². The van der Waals surface area contributed by atoms with Crippen LogP contribution in [0.25, 0.3) is 0 Å². The van der Waals surface area contributed by atoms with Crippen LogP contribution in [0.5, 0.6) is 0 Å². The molecule has 0 amide bonds. The molecule has 0 fully saturated rings. The zero-order chi connectivity index (χ0) is 9.40. The van der Waals surface area contributed by atoms with Crippen molar-refractivity contribution < 1.29 is 19.2 Å². The molecule has 0 aliphatic rings. The number of ether oxygens (including phenoxy) is 1. The monoisotopic (exact) mass is 193 g/mol. The number of alkyl halides is 1. The van der Waals surface area contributed by atoms with Crippen molar-refractivity contribution in [1.29, 1.82) is 0 Å². The van der Waals surface area contributed by atoms with E-state index in [9.17, 15) is 9.59 Å². The lowest BCUT2D eigenvalue weighted by Crippen LogP contribution is -2.04. The van der Waals surface area contributed by atoms with Gasteiger partial charge in [0.2, 0.25) is 0 Å². The first-order chi connectivity index (χ1) is 5.66. The van der Waals surface area contributed by atoms with E-state index in [0.29, 0.717) is 0 Å². The molecule has 6 heteroatoms. The molecule has 68 valence electrons. The minimum absolute atomic E-state index is 0.0229. The average Bonchev–Trinajstić information content (AvgIpc) is 2.03. The Morgan fingerprint density at radius 1 is 1.58 bits per heavy atom. The second-order valence-corrected chi connectivity index (χ2v) is 1.95. The fourth-order valence-electron chi connectivity index (χ4n) is 0.306. The second-order valence-electron chi connectivity index (χ2n) is 1.69. The van der Waals surface area contributed by atoms with Gasteiger partial charge in [-0.2, -0.15) is 0 Å². The van der Waals surface area contributed by atoms with Crippen LogP contribution in [0.3, 0.4) is 0 Å². The number of rotatable bonds is 4. The third-order valence-electron chi connectivity index (χ3n) is 0.699. The van der Waals surface area contributed by atoms with Crippen molar-refractivity contribution >= 4 is 29.8 Å². The van der Waals surface area contributed by atoms with Crippen LogP contribution in [-0.4, -0.2) is 30.6 Å². The molecular formula is C6H8ClNO4. The summed E-state index contributed by atoms with van der Waals surface area (Å²) in [4.78, 5) is 24.7. The maximum Gasteiger partial charge on any atom is 0.349 e. The van der Waals surface area contributed by atoms with Crippen LogP contribution in [0, 0.1) is 0 Å². The zero-order valence-corrected chi connectivity index (χ0v) is 7.21. The van der Waals surface area contributed by atoms with Gasteiger partial charge in [-0.25, -0.2) is 4.79 Å². The first-order valence-electron chi connectivity index (χ1n) is 3.08. The highest BCUT2D eigenvalue weighted by molar-refractivity contribution is 6.26. The molecule has 0 N–H and O–H groups in total. The zero-order valence-electron chi connectivity index (χ0n) is 6.45. The van der Waals surface area contributed by atoms with E-state index >= 15 is 0 Å². The third-order valence-corrected chi connectivity index (χ3v) is 0.918. The van der Waals surface area contributed by atoms with Crippen molar-refractivity contribution in [1.82, 2.24) is 0 Å². The van der Waals surface area contributed by atoms with Crippen LogP contribution in [0.2, 0.25) is 0 Å². The maximum atomic E-state index is 10.3. The fraction of sp³-hybridized carbons (Fsp3) is 0.500. The molecule has 0 bridgehead atoms. The Balaban J connectivity index is 3.37. The lowest BCUT2D eigenvalue weighted by Gasteiger charge is -1.93. The number of hydrogen-bond acceptors (Lipinski definition) is 5. The largest absolute Gasteiger partial charge is 0.460 e. The summed E-state index contributed by atoms with van der Waals surface area (Å²) in [5.74, 6) is -1.34. The normalized spacial score (nSPS) is 9.83. The van der Waals surface area contributed by atoms with Crippen LogP contribution in [0.1, 0.15) is 6.92 Å². The Morgan fingerprint density at radius 2 is 2.25 bits per heavy atom. The van der Waals surface area contributed by atoms with Crippen LogP contribution < -0.4 is 0 Å². The molecule has 0 atom stereocenters. The maximum absolute atomic E-state index is 10.3. The smallest absolute Gasteiger partial charge is 0.349 e. The van der Waals surface area contributed by atoms with E-state index in [2.05, 4.69) is 14.7 Å². The number of carbonyl (C=O) groups excluding carboxylic acids is 2. The molecule has 5 nitrogen and oxygen atoms in total. The lowest BCUT2D eigenvalue weighted by molar-refractivity contribution is -0.140. The minimum atomic E-state index is -0.657. The van der Waals surface area contributed by atoms with Gasteiger partial charge in [-0.1, -0.05) is 5.16 Å². The molecule has 0 saturated carbocycles. The quantitative estimate of drug-likeness (QED) is 0.212. The highest BCUT2D eigenvalue weighted by Gasteiger charge is 1.96. The lowest BCUT2D eigenvalue weighted by atomic mass is 10.7. The van der Waals surface area contributed by atoms with E-state index in [1.807, 2.05) is 0 Å². The first-order valence-corrected chi connectivity index (χ1v) is 3.61. The molecule has 0 saturated heterocycles. The van der Waals surface area contributed by atoms with Gasteiger partial charge in [0.15, 0.2) is 0 Å². The summed E-state index contributed by atoms with van der Waals surface area (Å²) < 4.78 is 4.44. The van der Waals surface area contributed by atoms with E-state index in [1.165, 1.54) is 6.92 Å². The number of nitrogens with zero attached hydrogens (tertiary/aromatic N) is 1. The predicted molar refractivity (Wildman–Crippen MR) is 41.9 cm³/mol. The molecule has 12 heavy (non-hydrogen) atoms. The average molecular weight is 194 g/mol. The van der Waals surface area contributed by atoms with E-state index < -0.39 is 11.9 Å². The highest BCUT2D eigenvalue weighted by atomic mass is 35.5. The van der Waals surface area contributed by atoms with Gasteiger partial charge in [-0.3, -0.25) is 4.79 Å².